The van der Waals surface area contributed by atoms with Crippen molar-refractivity contribution in [3.05, 3.63) is 30.7 Å². The molecule has 3 aromatic rings. The monoisotopic (exact) mass is 599 g/mol. The highest BCUT2D eigenvalue weighted by atomic mass is 19.3. The van der Waals surface area contributed by atoms with Crippen molar-refractivity contribution in [2.45, 2.75) is 56.6 Å². The Morgan fingerprint density at radius 2 is 1.84 bits per heavy atom. The van der Waals surface area contributed by atoms with Gasteiger partial charge in [-0.1, -0.05) is 0 Å². The minimum atomic E-state index is -2.64. The first-order valence-corrected chi connectivity index (χ1v) is 15.2. The summed E-state index contributed by atoms with van der Waals surface area (Å²) < 4.78 is 30.8. The van der Waals surface area contributed by atoms with E-state index >= 15 is 0 Å². The third-order valence-corrected chi connectivity index (χ3v) is 9.39. The number of likely N-dealkylation sites (N-methyl/N-ethyl adjacent to an activating group) is 1. The van der Waals surface area contributed by atoms with Crippen LogP contribution < -0.4 is 10.2 Å². The predicted octanol–water partition coefficient (Wildman–Crippen LogP) is 1.10. The van der Waals surface area contributed by atoms with Gasteiger partial charge < -0.3 is 25.1 Å². The van der Waals surface area contributed by atoms with Crippen molar-refractivity contribution in [3.63, 3.8) is 0 Å². The lowest BCUT2D eigenvalue weighted by Crippen LogP contribution is -2.62. The molecule has 43 heavy (non-hydrogen) atoms. The zero-order chi connectivity index (χ0) is 29.7. The van der Waals surface area contributed by atoms with Gasteiger partial charge in [0.1, 0.15) is 6.54 Å². The Morgan fingerprint density at radius 1 is 1.12 bits per heavy atom. The van der Waals surface area contributed by atoms with Gasteiger partial charge >= 0.3 is 0 Å². The summed E-state index contributed by atoms with van der Waals surface area (Å²) in [5, 5.41) is 23.4. The molecular formula is C28H39F2N11O2. The molecule has 3 unspecified atom stereocenters. The molecule has 0 saturated carbocycles. The molecule has 4 saturated heterocycles. The number of piperazine rings is 2. The highest BCUT2D eigenvalue weighted by Gasteiger charge is 2.46. The highest BCUT2D eigenvalue weighted by molar-refractivity contribution is 5.76. The average molecular weight is 600 g/mol. The summed E-state index contributed by atoms with van der Waals surface area (Å²) in [4.78, 5) is 27.8. The smallest absolute Gasteiger partial charge is 0.250 e. The van der Waals surface area contributed by atoms with E-state index in [0.29, 0.717) is 30.4 Å². The van der Waals surface area contributed by atoms with Crippen LogP contribution in [0, 0.1) is 0 Å². The van der Waals surface area contributed by atoms with E-state index < -0.39 is 12.3 Å². The van der Waals surface area contributed by atoms with Gasteiger partial charge in [-0.05, 0) is 32.0 Å². The van der Waals surface area contributed by atoms with Crippen LogP contribution in [0.2, 0.25) is 0 Å². The molecule has 3 aromatic heterocycles. The number of aromatic nitrogens is 5. The van der Waals surface area contributed by atoms with Crippen LogP contribution in [0.15, 0.2) is 30.7 Å². The Morgan fingerprint density at radius 3 is 2.56 bits per heavy atom. The zero-order valence-corrected chi connectivity index (χ0v) is 24.4. The van der Waals surface area contributed by atoms with Crippen LogP contribution in [0.3, 0.4) is 0 Å². The summed E-state index contributed by atoms with van der Waals surface area (Å²) in [6, 6.07) is 4.22. The minimum absolute atomic E-state index is 0.0531. The second-order valence-corrected chi connectivity index (χ2v) is 12.3. The molecule has 232 valence electrons. The summed E-state index contributed by atoms with van der Waals surface area (Å²) >= 11 is 0. The number of rotatable bonds is 7. The molecule has 7 rings (SSSR count). The van der Waals surface area contributed by atoms with E-state index in [1.165, 1.54) is 0 Å². The van der Waals surface area contributed by atoms with Crippen LogP contribution in [-0.4, -0.2) is 139 Å². The van der Waals surface area contributed by atoms with E-state index in [-0.39, 0.29) is 50.5 Å². The molecule has 2 bridgehead atoms. The van der Waals surface area contributed by atoms with Crippen molar-refractivity contribution < 1.29 is 18.7 Å². The molecule has 0 aliphatic carbocycles. The van der Waals surface area contributed by atoms with Gasteiger partial charge in [0.2, 0.25) is 11.9 Å². The quantitative estimate of drug-likeness (QED) is 0.410. The van der Waals surface area contributed by atoms with Crippen LogP contribution in [0.25, 0.3) is 5.65 Å². The number of carbonyl (C=O) groups is 1. The topological polar surface area (TPSA) is 114 Å². The summed E-state index contributed by atoms with van der Waals surface area (Å²) in [6.07, 6.45) is 5.95. The van der Waals surface area contributed by atoms with E-state index in [9.17, 15) is 18.7 Å². The lowest BCUT2D eigenvalue weighted by atomic mass is 10.1. The van der Waals surface area contributed by atoms with Crippen molar-refractivity contribution in [3.8, 4) is 0 Å². The van der Waals surface area contributed by atoms with Crippen molar-refractivity contribution in [1.29, 1.82) is 0 Å². The Kier molecular flexibility index (Phi) is 7.43. The van der Waals surface area contributed by atoms with Crippen LogP contribution in [0.5, 0.6) is 0 Å². The first-order chi connectivity index (χ1) is 20.7. The van der Waals surface area contributed by atoms with Crippen LogP contribution in [-0.2, 0) is 11.3 Å². The van der Waals surface area contributed by atoms with E-state index in [1.807, 2.05) is 23.2 Å². The third kappa shape index (κ3) is 5.78. The van der Waals surface area contributed by atoms with Crippen LogP contribution in [0.4, 0.5) is 26.1 Å². The molecule has 15 heteroatoms. The number of piperidine rings is 1. The largest absolute Gasteiger partial charge is 0.365 e. The molecule has 7 heterocycles. The van der Waals surface area contributed by atoms with Gasteiger partial charge in [-0.25, -0.2) is 13.3 Å². The minimum Gasteiger partial charge on any atom is -0.365 e. The lowest BCUT2D eigenvalue weighted by Gasteiger charge is -2.47. The molecule has 0 spiro atoms. The maximum atomic E-state index is 13.7. The molecule has 4 aliphatic heterocycles. The highest BCUT2D eigenvalue weighted by Crippen LogP contribution is 2.37. The first kappa shape index (κ1) is 28.4. The second-order valence-electron chi connectivity index (χ2n) is 12.3. The normalized spacial score (nSPS) is 25.9. The fourth-order valence-electron chi connectivity index (χ4n) is 6.91. The SMILES string of the molecule is CN1CCN(C(=O)Cn2cc(Nc3nc4c(N5CC6CCC(C5)N6C(O)N5CCC(F)(F)CC5)cccn4n3)cn2)CC1. The number of fused-ring (bicyclic) bond motifs is 3. The van der Waals surface area contributed by atoms with Gasteiger partial charge in [-0.2, -0.15) is 10.1 Å². The van der Waals surface area contributed by atoms with Crippen LogP contribution in [0.1, 0.15) is 25.7 Å². The fourth-order valence-corrected chi connectivity index (χ4v) is 6.91. The van der Waals surface area contributed by atoms with Crippen molar-refractivity contribution in [2.24, 2.45) is 0 Å². The van der Waals surface area contributed by atoms with E-state index in [1.54, 1.807) is 26.5 Å². The first-order valence-electron chi connectivity index (χ1n) is 15.2. The van der Waals surface area contributed by atoms with Crippen molar-refractivity contribution >= 4 is 28.9 Å². The summed E-state index contributed by atoms with van der Waals surface area (Å²) in [5.74, 6) is -2.16. The lowest BCUT2D eigenvalue weighted by molar-refractivity contribution is -0.165. The van der Waals surface area contributed by atoms with Gasteiger partial charge in [0.15, 0.2) is 12.0 Å². The van der Waals surface area contributed by atoms with E-state index in [2.05, 4.69) is 37.3 Å². The molecule has 13 nitrogen and oxygen atoms in total. The molecular weight excluding hydrogens is 560 g/mol. The number of carbonyl (C=O) groups excluding carboxylic acids is 1. The van der Waals surface area contributed by atoms with Crippen LogP contribution >= 0.6 is 0 Å². The number of aliphatic hydroxyl groups excluding tert-OH is 1. The maximum absolute atomic E-state index is 13.7. The average Bonchev–Trinajstić information content (AvgIpc) is 3.68. The number of halogens is 2. The number of alkyl halides is 2. The Hall–Kier alpha value is -3.40. The van der Waals surface area contributed by atoms with Gasteiger partial charge in [0, 0.05) is 89.7 Å². The summed E-state index contributed by atoms with van der Waals surface area (Å²) in [7, 11) is 2.06. The van der Waals surface area contributed by atoms with Crippen molar-refractivity contribution in [2.75, 3.05) is 69.6 Å². The molecule has 0 radical (unpaired) electrons. The summed E-state index contributed by atoms with van der Waals surface area (Å²) in [5.41, 5.74) is 2.37. The number of aliphatic hydroxyl groups is 1. The van der Waals surface area contributed by atoms with E-state index in [0.717, 1.165) is 44.7 Å². The number of nitrogens with zero attached hydrogens (tertiary/aromatic N) is 10. The Balaban J connectivity index is 1.01. The number of pyridine rings is 1. The van der Waals surface area contributed by atoms with Crippen molar-refractivity contribution in [1.82, 2.24) is 44.0 Å². The Labute approximate surface area is 248 Å². The van der Waals surface area contributed by atoms with Gasteiger partial charge in [0.05, 0.1) is 17.6 Å². The molecule has 3 atom stereocenters. The zero-order valence-electron chi connectivity index (χ0n) is 24.4. The third-order valence-electron chi connectivity index (χ3n) is 9.39. The maximum Gasteiger partial charge on any atom is 0.250 e. The number of likely N-dealkylation sites (tertiary alicyclic amines) is 1. The Bertz CT molecular complexity index is 1430. The predicted molar refractivity (Wildman–Crippen MR) is 155 cm³/mol. The molecule has 4 aliphatic rings. The fraction of sp³-hybridized carbons (Fsp3) is 0.643. The number of amides is 1. The standard InChI is InChI=1S/C28H39F2N11O2/c1-35-11-13-36(14-12-35)24(42)19-39-16-20(15-31-39)32-26-33-25-23(3-2-8-40(25)34-26)38-17-21-4-5-22(18-38)41(21)27(43)37-9-6-28(29,30)7-10-37/h2-3,8,15-16,21-22,27,43H,4-7,9-14,17-19H2,1H3,(H,32,34). The van der Waals surface area contributed by atoms with E-state index in [4.69, 9.17) is 4.98 Å². The van der Waals surface area contributed by atoms with Gasteiger partial charge in [-0.3, -0.25) is 19.3 Å². The van der Waals surface area contributed by atoms with Gasteiger partial charge in [-0.15, -0.1) is 5.10 Å². The number of hydrogen-bond donors (Lipinski definition) is 2. The molecule has 4 fully saturated rings. The number of hydrogen-bond acceptors (Lipinski definition) is 10. The molecule has 0 aromatic carbocycles. The molecule has 2 N–H and O–H groups in total. The van der Waals surface area contributed by atoms with Gasteiger partial charge in [0.25, 0.3) is 5.92 Å². The number of anilines is 3. The summed E-state index contributed by atoms with van der Waals surface area (Å²) in [6.45, 7) is 5.21. The number of nitrogens with one attached hydrogen (secondary N) is 1. The second kappa shape index (κ2) is 11.3. The molecule has 1 amide bonds.